The van der Waals surface area contributed by atoms with E-state index in [1.165, 1.54) is 0 Å². The van der Waals surface area contributed by atoms with Crippen molar-refractivity contribution in [3.8, 4) is 11.1 Å². The van der Waals surface area contributed by atoms with Crippen molar-refractivity contribution in [1.82, 2.24) is 19.5 Å². The second-order valence-electron chi connectivity index (χ2n) is 6.96. The van der Waals surface area contributed by atoms with Gasteiger partial charge in [0.15, 0.2) is 5.65 Å². The monoisotopic (exact) mass is 364 g/mol. The number of nitrogens with zero attached hydrogens (tertiary/aromatic N) is 4. The number of hydrogen-bond donors (Lipinski definition) is 0. The highest BCUT2D eigenvalue weighted by atomic mass is 16.5. The lowest BCUT2D eigenvalue weighted by atomic mass is 9.97. The largest absolute Gasteiger partial charge is 0.466 e. The molecule has 2 aromatic heterocycles. The van der Waals surface area contributed by atoms with E-state index in [9.17, 15) is 4.79 Å². The van der Waals surface area contributed by atoms with Gasteiger partial charge in [-0.25, -0.2) is 9.50 Å². The second kappa shape index (κ2) is 7.88. The van der Waals surface area contributed by atoms with Gasteiger partial charge in [-0.15, -0.1) is 0 Å². The summed E-state index contributed by atoms with van der Waals surface area (Å²) >= 11 is 0. The molecule has 0 radical (unpaired) electrons. The van der Waals surface area contributed by atoms with E-state index in [0.717, 1.165) is 54.8 Å². The van der Waals surface area contributed by atoms with E-state index >= 15 is 0 Å². The standard InChI is InChI=1S/C21H24N4O2/c1-2-27-21(26)18-8-10-24(11-9-18)14-16-12-22-20-19(13-23-25(20)15-16)17-6-4-3-5-7-17/h3-7,12-13,15,18H,2,8-11,14H2,1H3. The molecule has 0 aliphatic carbocycles. The molecule has 0 unspecified atom stereocenters. The zero-order chi connectivity index (χ0) is 18.6. The van der Waals surface area contributed by atoms with Crippen LogP contribution in [0.4, 0.5) is 0 Å². The summed E-state index contributed by atoms with van der Waals surface area (Å²) in [6.45, 7) is 4.93. The van der Waals surface area contributed by atoms with Crippen LogP contribution in [0.1, 0.15) is 25.3 Å². The van der Waals surface area contributed by atoms with Gasteiger partial charge in [0.05, 0.1) is 18.7 Å². The molecule has 1 saturated heterocycles. The van der Waals surface area contributed by atoms with Crippen LogP contribution < -0.4 is 0 Å². The van der Waals surface area contributed by atoms with Crippen molar-refractivity contribution in [3.63, 3.8) is 0 Å². The Morgan fingerprint density at radius 2 is 1.96 bits per heavy atom. The van der Waals surface area contributed by atoms with Crippen LogP contribution in [-0.2, 0) is 16.1 Å². The van der Waals surface area contributed by atoms with E-state index in [0.29, 0.717) is 6.61 Å². The van der Waals surface area contributed by atoms with Crippen molar-refractivity contribution >= 4 is 11.6 Å². The number of hydrogen-bond acceptors (Lipinski definition) is 5. The minimum absolute atomic E-state index is 0.0429. The maximum atomic E-state index is 11.9. The minimum atomic E-state index is -0.0507. The molecule has 1 aliphatic heterocycles. The SMILES string of the molecule is CCOC(=O)C1CCN(Cc2cnc3c(-c4ccccc4)cnn3c2)CC1. The molecule has 1 aromatic carbocycles. The molecule has 27 heavy (non-hydrogen) atoms. The molecule has 1 aliphatic rings. The van der Waals surface area contributed by atoms with E-state index in [4.69, 9.17) is 4.74 Å². The smallest absolute Gasteiger partial charge is 0.309 e. The number of aromatic nitrogens is 3. The first-order chi connectivity index (χ1) is 13.2. The predicted molar refractivity (Wildman–Crippen MR) is 103 cm³/mol. The molecule has 3 heterocycles. The van der Waals surface area contributed by atoms with Crippen LogP contribution in [0.2, 0.25) is 0 Å². The van der Waals surface area contributed by atoms with E-state index in [1.54, 1.807) is 0 Å². The quantitative estimate of drug-likeness (QED) is 0.651. The molecule has 0 saturated carbocycles. The zero-order valence-electron chi connectivity index (χ0n) is 15.5. The van der Waals surface area contributed by atoms with E-state index in [2.05, 4.69) is 27.1 Å². The molecular weight excluding hydrogens is 340 g/mol. The molecule has 0 bridgehead atoms. The normalized spacial score (nSPS) is 15.9. The van der Waals surface area contributed by atoms with Crippen molar-refractivity contribution in [2.75, 3.05) is 19.7 Å². The Balaban J connectivity index is 1.43. The van der Waals surface area contributed by atoms with Gasteiger partial charge < -0.3 is 4.74 Å². The molecule has 0 N–H and O–H groups in total. The third kappa shape index (κ3) is 3.85. The van der Waals surface area contributed by atoms with Crippen LogP contribution in [-0.4, -0.2) is 45.2 Å². The van der Waals surface area contributed by atoms with Gasteiger partial charge in [0, 0.05) is 30.1 Å². The van der Waals surface area contributed by atoms with Crippen molar-refractivity contribution < 1.29 is 9.53 Å². The molecule has 0 spiro atoms. The summed E-state index contributed by atoms with van der Waals surface area (Å²) in [5.41, 5.74) is 4.15. The van der Waals surface area contributed by atoms with E-state index in [-0.39, 0.29) is 11.9 Å². The fourth-order valence-corrected chi connectivity index (χ4v) is 3.66. The maximum Gasteiger partial charge on any atom is 0.309 e. The van der Waals surface area contributed by atoms with Crippen LogP contribution in [0.3, 0.4) is 0 Å². The van der Waals surface area contributed by atoms with Crippen LogP contribution in [0.5, 0.6) is 0 Å². The van der Waals surface area contributed by atoms with Crippen LogP contribution >= 0.6 is 0 Å². The molecule has 6 nitrogen and oxygen atoms in total. The van der Waals surface area contributed by atoms with E-state index < -0.39 is 0 Å². The number of carbonyl (C=O) groups is 1. The van der Waals surface area contributed by atoms with Crippen LogP contribution in [0, 0.1) is 5.92 Å². The molecular formula is C21H24N4O2. The van der Waals surface area contributed by atoms with Gasteiger partial charge in [-0.3, -0.25) is 9.69 Å². The van der Waals surface area contributed by atoms with Gasteiger partial charge in [-0.2, -0.15) is 5.10 Å². The highest BCUT2D eigenvalue weighted by Crippen LogP contribution is 2.24. The molecule has 6 heteroatoms. The Morgan fingerprint density at radius 3 is 2.70 bits per heavy atom. The lowest BCUT2D eigenvalue weighted by Gasteiger charge is -2.30. The third-order valence-corrected chi connectivity index (χ3v) is 5.11. The Kier molecular flexibility index (Phi) is 5.16. The summed E-state index contributed by atoms with van der Waals surface area (Å²) in [7, 11) is 0. The topological polar surface area (TPSA) is 59.7 Å². The molecule has 0 atom stereocenters. The molecule has 140 valence electrons. The number of ether oxygens (including phenoxy) is 1. The maximum absolute atomic E-state index is 11.9. The first-order valence-corrected chi connectivity index (χ1v) is 9.51. The Hall–Kier alpha value is -2.73. The molecule has 4 rings (SSSR count). The summed E-state index contributed by atoms with van der Waals surface area (Å²) in [5, 5.41) is 4.48. The molecule has 3 aromatic rings. The molecule has 0 amide bonds. The summed E-state index contributed by atoms with van der Waals surface area (Å²) in [5.74, 6) is -0.00781. The Bertz CT molecular complexity index is 914. The lowest BCUT2D eigenvalue weighted by molar-refractivity contribution is -0.149. The van der Waals surface area contributed by atoms with Gasteiger partial charge in [-0.05, 0) is 38.4 Å². The lowest BCUT2D eigenvalue weighted by Crippen LogP contribution is -2.36. The summed E-state index contributed by atoms with van der Waals surface area (Å²) in [4.78, 5) is 18.9. The number of piperidine rings is 1. The summed E-state index contributed by atoms with van der Waals surface area (Å²) in [6, 6.07) is 10.2. The fourth-order valence-electron chi connectivity index (χ4n) is 3.66. The van der Waals surface area contributed by atoms with Gasteiger partial charge >= 0.3 is 5.97 Å². The number of benzene rings is 1. The first-order valence-electron chi connectivity index (χ1n) is 9.51. The van der Waals surface area contributed by atoms with Crippen molar-refractivity contribution in [1.29, 1.82) is 0 Å². The Labute approximate surface area is 158 Å². The number of carbonyl (C=O) groups excluding carboxylic acids is 1. The van der Waals surface area contributed by atoms with Gasteiger partial charge in [-0.1, -0.05) is 30.3 Å². The molecule has 1 fully saturated rings. The highest BCUT2D eigenvalue weighted by Gasteiger charge is 2.26. The number of esters is 1. The van der Waals surface area contributed by atoms with Crippen molar-refractivity contribution in [2.24, 2.45) is 5.92 Å². The first kappa shape index (κ1) is 17.7. The average Bonchev–Trinajstić information content (AvgIpc) is 3.13. The number of fused-ring (bicyclic) bond motifs is 1. The zero-order valence-corrected chi connectivity index (χ0v) is 15.5. The van der Waals surface area contributed by atoms with Crippen molar-refractivity contribution in [2.45, 2.75) is 26.3 Å². The number of likely N-dealkylation sites (tertiary alicyclic amines) is 1. The van der Waals surface area contributed by atoms with Crippen molar-refractivity contribution in [3.05, 3.63) is 54.5 Å². The number of rotatable bonds is 5. The van der Waals surface area contributed by atoms with Gasteiger partial charge in [0.2, 0.25) is 0 Å². The summed E-state index contributed by atoms with van der Waals surface area (Å²) in [6.07, 6.45) is 7.56. The van der Waals surface area contributed by atoms with Crippen LogP contribution in [0.25, 0.3) is 16.8 Å². The van der Waals surface area contributed by atoms with Crippen LogP contribution in [0.15, 0.2) is 48.9 Å². The Morgan fingerprint density at radius 1 is 1.19 bits per heavy atom. The van der Waals surface area contributed by atoms with Gasteiger partial charge in [0.1, 0.15) is 0 Å². The fraction of sp³-hybridized carbons (Fsp3) is 0.381. The minimum Gasteiger partial charge on any atom is -0.466 e. The van der Waals surface area contributed by atoms with E-state index in [1.807, 2.05) is 48.2 Å². The van der Waals surface area contributed by atoms with Gasteiger partial charge in [0.25, 0.3) is 0 Å². The second-order valence-corrected chi connectivity index (χ2v) is 6.96. The highest BCUT2D eigenvalue weighted by molar-refractivity contribution is 5.76. The average molecular weight is 364 g/mol. The predicted octanol–water partition coefficient (Wildman–Crippen LogP) is 3.17. The third-order valence-electron chi connectivity index (χ3n) is 5.11. The summed E-state index contributed by atoms with van der Waals surface area (Å²) < 4.78 is 6.99.